The van der Waals surface area contributed by atoms with Crippen LogP contribution in [-0.2, 0) is 21.9 Å². The largest absolute Gasteiger partial charge is 0.357 e. The molecule has 0 atom stereocenters. The first kappa shape index (κ1) is 19.1. The first-order valence-electron chi connectivity index (χ1n) is 8.46. The lowest BCUT2D eigenvalue weighted by Gasteiger charge is -2.25. The number of benzene rings is 1. The average Bonchev–Trinajstić information content (AvgIpc) is 2.51. The average molecular weight is 395 g/mol. The highest BCUT2D eigenvalue weighted by molar-refractivity contribution is 7.89. The molecule has 26 heavy (non-hydrogen) atoms. The Morgan fingerprint density at radius 2 is 1.85 bits per heavy atom. The molecule has 140 valence electrons. The summed E-state index contributed by atoms with van der Waals surface area (Å²) in [6, 6.07) is 5.23. The zero-order valence-electron chi connectivity index (χ0n) is 15.6. The van der Waals surface area contributed by atoms with Gasteiger partial charge in [0.25, 0.3) is 0 Å². The number of nitrogens with zero attached hydrogens (tertiary/aromatic N) is 1. The number of sulfonamides is 1. The summed E-state index contributed by atoms with van der Waals surface area (Å²) >= 11 is 6.49. The highest BCUT2D eigenvalue weighted by Crippen LogP contribution is 2.35. The number of H-pyrrole nitrogens is 1. The number of hydrogen-bond donors (Lipinski definition) is 1. The van der Waals surface area contributed by atoms with E-state index in [-0.39, 0.29) is 10.3 Å². The Labute approximate surface area is 159 Å². The molecule has 5 nitrogen and oxygen atoms in total. The smallest absolute Gasteiger partial charge is 0.248 e. The fourth-order valence-corrected chi connectivity index (χ4v) is 5.16. The molecule has 0 amide bonds. The molecule has 1 aromatic carbocycles. The summed E-state index contributed by atoms with van der Waals surface area (Å²) in [6.07, 6.45) is 0.473. The second-order valence-electron chi connectivity index (χ2n) is 7.83. The third kappa shape index (κ3) is 3.10. The Balaban J connectivity index is 2.21. The van der Waals surface area contributed by atoms with Crippen LogP contribution in [0.1, 0.15) is 37.6 Å². The van der Waals surface area contributed by atoms with Gasteiger partial charge in [-0.2, -0.15) is 0 Å². The lowest BCUT2D eigenvalue weighted by atomic mass is 9.85. The number of rotatable bonds is 1. The molecule has 2 aromatic rings. The number of nitrogens with one attached hydrogen (secondary N) is 1. The predicted molar refractivity (Wildman–Crippen MR) is 104 cm³/mol. The quantitative estimate of drug-likeness (QED) is 0.804. The van der Waals surface area contributed by atoms with Crippen molar-refractivity contribution in [2.45, 2.75) is 44.4 Å². The van der Waals surface area contributed by atoms with E-state index >= 15 is 0 Å². The van der Waals surface area contributed by atoms with Crippen molar-refractivity contribution >= 4 is 21.6 Å². The van der Waals surface area contributed by atoms with E-state index in [1.54, 1.807) is 0 Å². The van der Waals surface area contributed by atoms with Crippen molar-refractivity contribution in [2.24, 2.45) is 0 Å². The Morgan fingerprint density at radius 3 is 2.46 bits per heavy atom. The summed E-state index contributed by atoms with van der Waals surface area (Å²) in [6.45, 7) is 8.58. The van der Waals surface area contributed by atoms with E-state index in [9.17, 15) is 13.2 Å². The van der Waals surface area contributed by atoms with Crippen LogP contribution in [0.15, 0.2) is 27.9 Å². The maximum Gasteiger partial charge on any atom is 0.248 e. The normalized spacial score (nSPS) is 17.2. The van der Waals surface area contributed by atoms with Crippen molar-refractivity contribution in [2.75, 3.05) is 13.6 Å². The van der Waals surface area contributed by atoms with E-state index in [4.69, 9.17) is 11.6 Å². The standard InChI is InChI=1S/C19H23ClN2O3S/c1-11-8-13(19(2,3)4)14(20)9-12(11)16-10-17(23)18-15(21-16)6-7-22(5)26(18,24)25/h8-10H,6-7H2,1-5H3,(H,21,23). The zero-order valence-corrected chi connectivity index (χ0v) is 17.2. The molecule has 1 N–H and O–H groups in total. The first-order chi connectivity index (χ1) is 11.9. The molecule has 1 aliphatic heterocycles. The minimum atomic E-state index is -3.73. The number of fused-ring (bicyclic) bond motifs is 1. The van der Waals surface area contributed by atoms with E-state index in [1.807, 2.05) is 19.1 Å². The van der Waals surface area contributed by atoms with Crippen molar-refractivity contribution in [3.8, 4) is 11.3 Å². The minimum Gasteiger partial charge on any atom is -0.357 e. The van der Waals surface area contributed by atoms with Crippen molar-refractivity contribution in [1.82, 2.24) is 9.29 Å². The summed E-state index contributed by atoms with van der Waals surface area (Å²) < 4.78 is 26.1. The molecule has 0 fully saturated rings. The number of aryl methyl sites for hydroxylation is 1. The Kier molecular flexibility index (Phi) is 4.58. The predicted octanol–water partition coefficient (Wildman–Crippen LogP) is 3.48. The Hall–Kier alpha value is -1.63. The van der Waals surface area contributed by atoms with E-state index in [0.717, 1.165) is 16.7 Å². The third-order valence-corrected chi connectivity index (χ3v) is 7.10. The summed E-state index contributed by atoms with van der Waals surface area (Å²) in [4.78, 5) is 15.6. The minimum absolute atomic E-state index is 0.0949. The molecule has 0 radical (unpaired) electrons. The van der Waals surface area contributed by atoms with Crippen LogP contribution in [0.5, 0.6) is 0 Å². The second-order valence-corrected chi connectivity index (χ2v) is 10.2. The van der Waals surface area contributed by atoms with Crippen molar-refractivity contribution < 1.29 is 8.42 Å². The van der Waals surface area contributed by atoms with Gasteiger partial charge in [-0.05, 0) is 29.5 Å². The monoisotopic (exact) mass is 394 g/mol. The van der Waals surface area contributed by atoms with Gasteiger partial charge >= 0.3 is 0 Å². The van der Waals surface area contributed by atoms with E-state index in [2.05, 4.69) is 25.8 Å². The Morgan fingerprint density at radius 1 is 1.19 bits per heavy atom. The van der Waals surface area contributed by atoms with Gasteiger partial charge in [-0.3, -0.25) is 4.79 Å². The molecule has 0 unspecified atom stereocenters. The number of pyridine rings is 1. The molecule has 0 saturated carbocycles. The van der Waals surface area contributed by atoms with Gasteiger partial charge in [-0.1, -0.05) is 38.4 Å². The van der Waals surface area contributed by atoms with Gasteiger partial charge in [-0.15, -0.1) is 0 Å². The second kappa shape index (κ2) is 6.22. The molecule has 0 aliphatic carbocycles. The topological polar surface area (TPSA) is 70.2 Å². The lowest BCUT2D eigenvalue weighted by molar-refractivity contribution is 0.452. The maximum absolute atomic E-state index is 12.6. The number of aromatic amines is 1. The number of likely N-dealkylation sites (N-methyl/N-ethyl adjacent to an activating group) is 1. The molecule has 0 bridgehead atoms. The van der Waals surface area contributed by atoms with Gasteiger partial charge in [0.1, 0.15) is 4.90 Å². The van der Waals surface area contributed by atoms with Crippen LogP contribution in [0.3, 0.4) is 0 Å². The lowest BCUT2D eigenvalue weighted by Crippen LogP contribution is -2.38. The van der Waals surface area contributed by atoms with E-state index in [0.29, 0.717) is 29.4 Å². The van der Waals surface area contributed by atoms with Gasteiger partial charge in [0, 0.05) is 48.1 Å². The van der Waals surface area contributed by atoms with Crippen LogP contribution in [0.4, 0.5) is 0 Å². The van der Waals surface area contributed by atoms with Gasteiger partial charge in [0.05, 0.1) is 0 Å². The molecule has 1 aliphatic rings. The highest BCUT2D eigenvalue weighted by Gasteiger charge is 2.32. The summed E-state index contributed by atoms with van der Waals surface area (Å²) in [5, 5.41) is 0.629. The molecule has 7 heteroatoms. The molecule has 2 heterocycles. The van der Waals surface area contributed by atoms with Gasteiger partial charge in [0.2, 0.25) is 15.5 Å². The highest BCUT2D eigenvalue weighted by atomic mass is 35.5. The fourth-order valence-electron chi connectivity index (χ4n) is 3.30. The van der Waals surface area contributed by atoms with Crippen LogP contribution >= 0.6 is 11.6 Å². The van der Waals surface area contributed by atoms with E-state index in [1.165, 1.54) is 17.4 Å². The molecular weight excluding hydrogens is 372 g/mol. The third-order valence-electron chi connectivity index (χ3n) is 4.82. The van der Waals surface area contributed by atoms with Crippen molar-refractivity contribution in [1.29, 1.82) is 0 Å². The fraction of sp³-hybridized carbons (Fsp3) is 0.421. The van der Waals surface area contributed by atoms with Crippen LogP contribution in [0.2, 0.25) is 5.02 Å². The van der Waals surface area contributed by atoms with Crippen LogP contribution in [-0.4, -0.2) is 31.3 Å². The number of aromatic nitrogens is 1. The maximum atomic E-state index is 12.6. The molecule has 1 aromatic heterocycles. The molecule has 3 rings (SSSR count). The summed E-state index contributed by atoms with van der Waals surface area (Å²) in [5.41, 5.74) is 3.28. The molecule has 0 spiro atoms. The van der Waals surface area contributed by atoms with E-state index < -0.39 is 15.5 Å². The zero-order chi connectivity index (χ0) is 19.4. The van der Waals surface area contributed by atoms with Gasteiger partial charge in [-0.25, -0.2) is 12.7 Å². The molecule has 0 saturated heterocycles. The van der Waals surface area contributed by atoms with Crippen LogP contribution in [0.25, 0.3) is 11.3 Å². The summed E-state index contributed by atoms with van der Waals surface area (Å²) in [5.74, 6) is 0. The summed E-state index contributed by atoms with van der Waals surface area (Å²) in [7, 11) is -2.24. The van der Waals surface area contributed by atoms with Crippen molar-refractivity contribution in [3.05, 3.63) is 50.3 Å². The number of hydrogen-bond acceptors (Lipinski definition) is 3. The first-order valence-corrected chi connectivity index (χ1v) is 10.3. The van der Waals surface area contributed by atoms with Crippen LogP contribution in [0, 0.1) is 6.92 Å². The SMILES string of the molecule is Cc1cc(C(C)(C)C)c(Cl)cc1-c1cc(=O)c2c([nH]1)CCN(C)S2(=O)=O. The molecular formula is C19H23ClN2O3S. The van der Waals surface area contributed by atoms with Crippen LogP contribution < -0.4 is 5.43 Å². The van der Waals surface area contributed by atoms with Crippen molar-refractivity contribution in [3.63, 3.8) is 0 Å². The van der Waals surface area contributed by atoms with Gasteiger partial charge in [0.15, 0.2) is 0 Å². The van der Waals surface area contributed by atoms with Gasteiger partial charge < -0.3 is 4.98 Å². The number of halogens is 1. The Bertz CT molecular complexity index is 1050.